The lowest BCUT2D eigenvalue weighted by Crippen LogP contribution is -2.51. The predicted octanol–water partition coefficient (Wildman–Crippen LogP) is 0.358. The molecular formula is C12H20N2O4. The molecular weight excluding hydrogens is 236 g/mol. The lowest BCUT2D eigenvalue weighted by molar-refractivity contribution is -0.141. The Labute approximate surface area is 106 Å². The largest absolute Gasteiger partial charge is 0.480 e. The molecule has 2 heterocycles. The maximum atomic E-state index is 12.4. The van der Waals surface area contributed by atoms with Gasteiger partial charge in [0.05, 0.1) is 12.6 Å². The van der Waals surface area contributed by atoms with Crippen molar-refractivity contribution in [3.63, 3.8) is 0 Å². The van der Waals surface area contributed by atoms with Crippen molar-refractivity contribution in [2.45, 2.75) is 38.3 Å². The van der Waals surface area contributed by atoms with Gasteiger partial charge >= 0.3 is 12.0 Å². The summed E-state index contributed by atoms with van der Waals surface area (Å²) in [5.74, 6) is -0.668. The van der Waals surface area contributed by atoms with Crippen molar-refractivity contribution < 1.29 is 19.8 Å². The molecule has 0 bridgehead atoms. The van der Waals surface area contributed by atoms with E-state index in [-0.39, 0.29) is 24.6 Å². The number of carboxylic acids is 1. The zero-order valence-corrected chi connectivity index (χ0v) is 10.6. The van der Waals surface area contributed by atoms with E-state index >= 15 is 0 Å². The van der Waals surface area contributed by atoms with Crippen molar-refractivity contribution in [1.29, 1.82) is 0 Å². The second-order valence-electron chi connectivity index (χ2n) is 5.18. The van der Waals surface area contributed by atoms with E-state index in [1.807, 2.05) is 6.92 Å². The zero-order chi connectivity index (χ0) is 13.3. The molecule has 2 fully saturated rings. The third-order valence-electron chi connectivity index (χ3n) is 4.10. The van der Waals surface area contributed by atoms with Crippen LogP contribution in [0.2, 0.25) is 0 Å². The molecule has 18 heavy (non-hydrogen) atoms. The number of urea groups is 1. The van der Waals surface area contributed by atoms with Crippen molar-refractivity contribution in [2.24, 2.45) is 5.92 Å². The van der Waals surface area contributed by atoms with Gasteiger partial charge in [-0.2, -0.15) is 0 Å². The minimum absolute atomic E-state index is 0.0571. The fourth-order valence-corrected chi connectivity index (χ4v) is 2.94. The molecule has 2 unspecified atom stereocenters. The van der Waals surface area contributed by atoms with E-state index in [1.54, 1.807) is 4.90 Å². The summed E-state index contributed by atoms with van der Waals surface area (Å²) in [5.41, 5.74) is 0. The van der Waals surface area contributed by atoms with Crippen molar-refractivity contribution in [3.8, 4) is 0 Å². The molecule has 2 aliphatic heterocycles. The van der Waals surface area contributed by atoms with Gasteiger partial charge in [-0.1, -0.05) is 6.92 Å². The lowest BCUT2D eigenvalue weighted by atomic mass is 10.0. The third-order valence-corrected chi connectivity index (χ3v) is 4.10. The number of amides is 2. The minimum atomic E-state index is -0.936. The van der Waals surface area contributed by atoms with Gasteiger partial charge in [0.15, 0.2) is 0 Å². The molecule has 6 nitrogen and oxygen atoms in total. The van der Waals surface area contributed by atoms with Gasteiger partial charge in [0.25, 0.3) is 0 Å². The number of aliphatic hydroxyl groups is 1. The van der Waals surface area contributed by atoms with Gasteiger partial charge in [0, 0.05) is 13.1 Å². The lowest BCUT2D eigenvalue weighted by Gasteiger charge is -2.31. The molecule has 0 saturated carbocycles. The van der Waals surface area contributed by atoms with E-state index in [1.165, 1.54) is 4.90 Å². The first-order valence-corrected chi connectivity index (χ1v) is 6.47. The van der Waals surface area contributed by atoms with Crippen LogP contribution in [0.1, 0.15) is 26.2 Å². The summed E-state index contributed by atoms with van der Waals surface area (Å²) in [6, 6.07) is -1.11. The Bertz CT molecular complexity index is 347. The molecule has 2 saturated heterocycles. The molecule has 2 aliphatic rings. The number of carbonyl (C=O) groups is 2. The van der Waals surface area contributed by atoms with E-state index in [2.05, 4.69) is 0 Å². The van der Waals surface area contributed by atoms with Crippen LogP contribution in [-0.4, -0.2) is 63.8 Å². The highest BCUT2D eigenvalue weighted by Gasteiger charge is 2.41. The molecule has 0 aromatic rings. The van der Waals surface area contributed by atoms with Crippen LogP contribution in [-0.2, 0) is 4.79 Å². The summed E-state index contributed by atoms with van der Waals surface area (Å²) < 4.78 is 0. The van der Waals surface area contributed by atoms with Crippen LogP contribution < -0.4 is 0 Å². The van der Waals surface area contributed by atoms with Crippen LogP contribution in [0.5, 0.6) is 0 Å². The van der Waals surface area contributed by atoms with E-state index in [0.29, 0.717) is 19.5 Å². The van der Waals surface area contributed by atoms with E-state index < -0.39 is 12.0 Å². The number of aliphatic hydroxyl groups excluding tert-OH is 1. The third kappa shape index (κ3) is 2.16. The topological polar surface area (TPSA) is 81.1 Å². The smallest absolute Gasteiger partial charge is 0.326 e. The van der Waals surface area contributed by atoms with E-state index in [0.717, 1.165) is 12.8 Å². The highest BCUT2D eigenvalue weighted by atomic mass is 16.4. The first-order chi connectivity index (χ1) is 8.56. The van der Waals surface area contributed by atoms with Crippen molar-refractivity contribution in [3.05, 3.63) is 0 Å². The van der Waals surface area contributed by atoms with Gasteiger partial charge in [-0.15, -0.1) is 0 Å². The van der Waals surface area contributed by atoms with Crippen LogP contribution >= 0.6 is 0 Å². The van der Waals surface area contributed by atoms with E-state index in [9.17, 15) is 14.7 Å². The van der Waals surface area contributed by atoms with Gasteiger partial charge in [0.1, 0.15) is 6.04 Å². The van der Waals surface area contributed by atoms with Crippen molar-refractivity contribution in [1.82, 2.24) is 9.80 Å². The number of carboxylic acid groups (broad SMARTS) is 1. The molecule has 6 heteroatoms. The molecule has 0 spiro atoms. The maximum Gasteiger partial charge on any atom is 0.326 e. The van der Waals surface area contributed by atoms with Gasteiger partial charge in [-0.25, -0.2) is 9.59 Å². The van der Waals surface area contributed by atoms with Crippen LogP contribution in [0, 0.1) is 5.92 Å². The summed E-state index contributed by atoms with van der Waals surface area (Å²) in [6.45, 7) is 3.05. The number of hydrogen-bond acceptors (Lipinski definition) is 3. The highest BCUT2D eigenvalue weighted by Crippen LogP contribution is 2.27. The summed E-state index contributed by atoms with van der Waals surface area (Å²) in [5, 5.41) is 18.4. The Morgan fingerprint density at radius 1 is 1.22 bits per heavy atom. The molecule has 102 valence electrons. The Morgan fingerprint density at radius 2 is 1.94 bits per heavy atom. The molecule has 2 rings (SSSR count). The molecule has 0 aromatic carbocycles. The molecule has 0 radical (unpaired) electrons. The second kappa shape index (κ2) is 5.14. The number of nitrogens with zero attached hydrogens (tertiary/aromatic N) is 2. The number of likely N-dealkylation sites (tertiary alicyclic amines) is 2. The van der Waals surface area contributed by atoms with Gasteiger partial charge < -0.3 is 20.0 Å². The second-order valence-corrected chi connectivity index (χ2v) is 5.18. The van der Waals surface area contributed by atoms with Crippen LogP contribution in [0.25, 0.3) is 0 Å². The monoisotopic (exact) mass is 256 g/mol. The molecule has 2 amide bonds. The van der Waals surface area contributed by atoms with Gasteiger partial charge in [-0.05, 0) is 25.2 Å². The quantitative estimate of drug-likeness (QED) is 0.747. The van der Waals surface area contributed by atoms with Gasteiger partial charge in [0.2, 0.25) is 0 Å². The van der Waals surface area contributed by atoms with Crippen LogP contribution in [0.4, 0.5) is 4.79 Å². The number of hydrogen-bond donors (Lipinski definition) is 2. The first-order valence-electron chi connectivity index (χ1n) is 6.47. The number of carbonyl (C=O) groups excluding carboxylic acids is 1. The summed E-state index contributed by atoms with van der Waals surface area (Å²) in [7, 11) is 0. The summed E-state index contributed by atoms with van der Waals surface area (Å²) in [4.78, 5) is 26.5. The fourth-order valence-electron chi connectivity index (χ4n) is 2.94. The Hall–Kier alpha value is -1.30. The van der Waals surface area contributed by atoms with E-state index in [4.69, 9.17) is 5.11 Å². The number of rotatable bonds is 2. The molecule has 0 aromatic heterocycles. The standard InChI is InChI=1S/C12H20N2O4/c1-8-4-6-14(10(8)7-15)12(18)13-5-2-3-9(13)11(16)17/h8-10,15H,2-7H2,1H3,(H,16,17)/t8?,9-,10?/m0/s1. The molecule has 0 aliphatic carbocycles. The number of aliphatic carboxylic acids is 1. The fraction of sp³-hybridized carbons (Fsp3) is 0.833. The Balaban J connectivity index is 2.09. The normalized spacial score (nSPS) is 32.0. The Kier molecular flexibility index (Phi) is 3.75. The average molecular weight is 256 g/mol. The van der Waals surface area contributed by atoms with Gasteiger partial charge in [-0.3, -0.25) is 0 Å². The maximum absolute atomic E-state index is 12.4. The Morgan fingerprint density at radius 3 is 2.56 bits per heavy atom. The van der Waals surface area contributed by atoms with Crippen LogP contribution in [0.3, 0.4) is 0 Å². The molecule has 3 atom stereocenters. The molecule has 2 N–H and O–H groups in total. The summed E-state index contributed by atoms with van der Waals surface area (Å²) >= 11 is 0. The summed E-state index contributed by atoms with van der Waals surface area (Å²) in [6.07, 6.45) is 2.12. The zero-order valence-electron chi connectivity index (χ0n) is 10.6. The van der Waals surface area contributed by atoms with Crippen molar-refractivity contribution >= 4 is 12.0 Å². The SMILES string of the molecule is CC1CCN(C(=O)N2CCC[C@H]2C(=O)O)C1CO. The average Bonchev–Trinajstić information content (AvgIpc) is 2.93. The van der Waals surface area contributed by atoms with Crippen LogP contribution in [0.15, 0.2) is 0 Å². The predicted molar refractivity (Wildman–Crippen MR) is 64.1 cm³/mol. The highest BCUT2D eigenvalue weighted by molar-refractivity contribution is 5.83. The minimum Gasteiger partial charge on any atom is -0.480 e. The first kappa shape index (κ1) is 13.1. The van der Waals surface area contributed by atoms with Crippen molar-refractivity contribution in [2.75, 3.05) is 19.7 Å².